The van der Waals surface area contributed by atoms with E-state index in [0.717, 1.165) is 24.5 Å². The van der Waals surface area contributed by atoms with Gasteiger partial charge in [0.05, 0.1) is 11.6 Å². The molecule has 92 valence electrons. The molecule has 4 nitrogen and oxygen atoms in total. The van der Waals surface area contributed by atoms with Gasteiger partial charge in [0.15, 0.2) is 0 Å². The van der Waals surface area contributed by atoms with Crippen molar-refractivity contribution in [1.82, 2.24) is 19.7 Å². The lowest BCUT2D eigenvalue weighted by molar-refractivity contribution is 0.306. The van der Waals surface area contributed by atoms with Gasteiger partial charge < -0.3 is 0 Å². The van der Waals surface area contributed by atoms with Crippen molar-refractivity contribution in [1.29, 1.82) is 0 Å². The van der Waals surface area contributed by atoms with Gasteiger partial charge in [-0.25, -0.2) is 4.98 Å². The average Bonchev–Trinajstić information content (AvgIpc) is 2.80. The first-order valence-corrected chi connectivity index (χ1v) is 6.64. The molecule has 0 fully saturated rings. The molecule has 0 aliphatic heterocycles. The van der Waals surface area contributed by atoms with Crippen LogP contribution in [0.3, 0.4) is 0 Å². The van der Waals surface area contributed by atoms with Crippen LogP contribution in [0.25, 0.3) is 0 Å². The van der Waals surface area contributed by atoms with Crippen LogP contribution in [0, 0.1) is 0 Å². The molecule has 0 saturated heterocycles. The number of hydrogen-bond acceptors (Lipinski definition) is 4. The van der Waals surface area contributed by atoms with E-state index in [1.807, 2.05) is 19.5 Å². The molecule has 0 saturated carbocycles. The van der Waals surface area contributed by atoms with E-state index in [9.17, 15) is 0 Å². The Morgan fingerprint density at radius 2 is 2.18 bits per heavy atom. The first kappa shape index (κ1) is 12.8. The van der Waals surface area contributed by atoms with Crippen LogP contribution >= 0.6 is 34.5 Å². The fourth-order valence-corrected chi connectivity index (χ4v) is 2.75. The summed E-state index contributed by atoms with van der Waals surface area (Å²) in [5, 5.41) is 6.67. The number of hydrogen-bond donors (Lipinski definition) is 0. The zero-order valence-electron chi connectivity index (χ0n) is 9.52. The smallest absolute Gasteiger partial charge is 0.140 e. The summed E-state index contributed by atoms with van der Waals surface area (Å²) in [5.74, 6) is 0.921. The number of rotatable bonds is 4. The quantitative estimate of drug-likeness (QED) is 0.868. The van der Waals surface area contributed by atoms with E-state index >= 15 is 0 Å². The largest absolute Gasteiger partial charge is 0.295 e. The lowest BCUT2D eigenvalue weighted by atomic mass is 10.3. The highest BCUT2D eigenvalue weighted by atomic mass is 35.5. The fourth-order valence-electron chi connectivity index (χ4n) is 1.51. The summed E-state index contributed by atoms with van der Waals surface area (Å²) in [6, 6.07) is 0. The van der Waals surface area contributed by atoms with Crippen LogP contribution < -0.4 is 0 Å². The zero-order valence-corrected chi connectivity index (χ0v) is 11.9. The number of halogens is 2. The Balaban J connectivity index is 2.00. The molecule has 0 aromatic carbocycles. The standard InChI is InChI=1S/C10H12Cl2N4S/c1-15(4-8-13-6-14-16(8)2)3-7-5-17-10(12)9(7)11/h5-6H,3-4H2,1-2H3. The minimum atomic E-state index is 0.647. The summed E-state index contributed by atoms with van der Waals surface area (Å²) < 4.78 is 2.41. The maximum absolute atomic E-state index is 6.08. The van der Waals surface area contributed by atoms with Crippen LogP contribution in [0.5, 0.6) is 0 Å². The summed E-state index contributed by atoms with van der Waals surface area (Å²) in [5.41, 5.74) is 1.05. The van der Waals surface area contributed by atoms with Crippen molar-refractivity contribution in [3.63, 3.8) is 0 Å². The first-order chi connectivity index (χ1) is 8.08. The van der Waals surface area contributed by atoms with E-state index in [-0.39, 0.29) is 0 Å². The van der Waals surface area contributed by atoms with Gasteiger partial charge >= 0.3 is 0 Å². The molecule has 0 spiro atoms. The highest BCUT2D eigenvalue weighted by Gasteiger charge is 2.11. The molecular formula is C10H12Cl2N4S. The second kappa shape index (κ2) is 5.35. The molecule has 0 radical (unpaired) electrons. The van der Waals surface area contributed by atoms with Crippen molar-refractivity contribution < 1.29 is 0 Å². The molecule has 2 aromatic rings. The average molecular weight is 291 g/mol. The van der Waals surface area contributed by atoms with Gasteiger partial charge in [0.2, 0.25) is 0 Å². The van der Waals surface area contributed by atoms with Gasteiger partial charge in [0.25, 0.3) is 0 Å². The number of aromatic nitrogens is 3. The van der Waals surface area contributed by atoms with E-state index in [4.69, 9.17) is 23.2 Å². The van der Waals surface area contributed by atoms with Crippen LogP contribution in [0.2, 0.25) is 9.36 Å². The van der Waals surface area contributed by atoms with E-state index in [1.54, 1.807) is 11.0 Å². The topological polar surface area (TPSA) is 34.0 Å². The van der Waals surface area contributed by atoms with Crippen molar-refractivity contribution in [3.05, 3.63) is 32.5 Å². The predicted molar refractivity (Wildman–Crippen MR) is 70.5 cm³/mol. The normalized spacial score (nSPS) is 11.4. The van der Waals surface area contributed by atoms with E-state index < -0.39 is 0 Å². The first-order valence-electron chi connectivity index (χ1n) is 5.00. The van der Waals surface area contributed by atoms with Gasteiger partial charge in [-0.3, -0.25) is 9.58 Å². The Labute approximate surface area is 114 Å². The molecular weight excluding hydrogens is 279 g/mol. The second-order valence-electron chi connectivity index (χ2n) is 3.82. The Kier molecular flexibility index (Phi) is 4.04. The molecule has 0 N–H and O–H groups in total. The molecule has 0 bridgehead atoms. The van der Waals surface area contributed by atoms with Gasteiger partial charge in [-0.2, -0.15) is 5.10 Å². The van der Waals surface area contributed by atoms with Gasteiger partial charge in [0.1, 0.15) is 16.5 Å². The Morgan fingerprint density at radius 3 is 2.71 bits per heavy atom. The van der Waals surface area contributed by atoms with Crippen LogP contribution in [0.1, 0.15) is 11.4 Å². The number of thiophene rings is 1. The molecule has 17 heavy (non-hydrogen) atoms. The molecule has 0 amide bonds. The summed E-state index contributed by atoms with van der Waals surface area (Å²) in [6.45, 7) is 1.47. The Morgan fingerprint density at radius 1 is 1.41 bits per heavy atom. The second-order valence-corrected chi connectivity index (χ2v) is 5.68. The maximum Gasteiger partial charge on any atom is 0.140 e. The van der Waals surface area contributed by atoms with E-state index in [0.29, 0.717) is 9.36 Å². The van der Waals surface area contributed by atoms with E-state index in [1.165, 1.54) is 11.3 Å². The Bertz CT molecular complexity index is 508. The number of aryl methyl sites for hydroxylation is 1. The summed E-state index contributed by atoms with van der Waals surface area (Å²) in [4.78, 5) is 6.30. The molecule has 2 aromatic heterocycles. The van der Waals surface area contributed by atoms with Crippen LogP contribution in [-0.2, 0) is 20.1 Å². The van der Waals surface area contributed by atoms with Gasteiger partial charge in [0, 0.05) is 13.6 Å². The van der Waals surface area contributed by atoms with Crippen LogP contribution in [-0.4, -0.2) is 26.7 Å². The van der Waals surface area contributed by atoms with Gasteiger partial charge in [-0.1, -0.05) is 23.2 Å². The molecule has 0 atom stereocenters. The maximum atomic E-state index is 6.08. The van der Waals surface area contributed by atoms with Crippen molar-refractivity contribution >= 4 is 34.5 Å². The highest BCUT2D eigenvalue weighted by molar-refractivity contribution is 7.15. The fraction of sp³-hybridized carbons (Fsp3) is 0.400. The van der Waals surface area contributed by atoms with Crippen LogP contribution in [0.15, 0.2) is 11.7 Å². The predicted octanol–water partition coefficient (Wildman–Crippen LogP) is 2.82. The van der Waals surface area contributed by atoms with Crippen molar-refractivity contribution in [3.8, 4) is 0 Å². The van der Waals surface area contributed by atoms with Crippen molar-refractivity contribution in [2.75, 3.05) is 7.05 Å². The minimum Gasteiger partial charge on any atom is -0.295 e. The highest BCUT2D eigenvalue weighted by Crippen LogP contribution is 2.32. The zero-order chi connectivity index (χ0) is 12.4. The van der Waals surface area contributed by atoms with E-state index in [2.05, 4.69) is 15.0 Å². The third kappa shape index (κ3) is 2.98. The molecule has 2 rings (SSSR count). The van der Waals surface area contributed by atoms with Crippen molar-refractivity contribution in [2.24, 2.45) is 7.05 Å². The number of nitrogens with zero attached hydrogens (tertiary/aromatic N) is 4. The minimum absolute atomic E-state index is 0.647. The van der Waals surface area contributed by atoms with Crippen molar-refractivity contribution in [2.45, 2.75) is 13.1 Å². The molecule has 7 heteroatoms. The monoisotopic (exact) mass is 290 g/mol. The van der Waals surface area contributed by atoms with Gasteiger partial charge in [-0.05, 0) is 18.0 Å². The third-order valence-electron chi connectivity index (χ3n) is 2.42. The lowest BCUT2D eigenvalue weighted by Gasteiger charge is -2.15. The SMILES string of the molecule is CN(Cc1csc(Cl)c1Cl)Cc1ncnn1C. The Hall–Kier alpha value is -0.620. The summed E-state index contributed by atoms with van der Waals surface area (Å²) in [6.07, 6.45) is 1.55. The molecule has 0 aliphatic carbocycles. The molecule has 2 heterocycles. The van der Waals surface area contributed by atoms with Crippen LogP contribution in [0.4, 0.5) is 0 Å². The molecule has 0 unspecified atom stereocenters. The molecule has 0 aliphatic rings. The summed E-state index contributed by atoms with van der Waals surface area (Å²) >= 11 is 13.5. The lowest BCUT2D eigenvalue weighted by Crippen LogP contribution is -2.19. The summed E-state index contributed by atoms with van der Waals surface area (Å²) in [7, 11) is 3.89. The van der Waals surface area contributed by atoms with Gasteiger partial charge in [-0.15, -0.1) is 11.3 Å². The third-order valence-corrected chi connectivity index (χ3v) is 4.33.